The van der Waals surface area contributed by atoms with Crippen molar-refractivity contribution in [3.8, 4) is 6.07 Å². The van der Waals surface area contributed by atoms with Gasteiger partial charge in [0.2, 0.25) is 11.8 Å². The van der Waals surface area contributed by atoms with Crippen LogP contribution in [-0.2, 0) is 16.1 Å². The molecule has 0 heterocycles. The number of carbonyl (C=O) groups is 2. The molecule has 0 aliphatic carbocycles. The average molecular weight is 335 g/mol. The van der Waals surface area contributed by atoms with Crippen LogP contribution in [0.4, 0.5) is 5.69 Å². The second-order valence-corrected chi connectivity index (χ2v) is 5.85. The third kappa shape index (κ3) is 5.47. The first-order valence-electron chi connectivity index (χ1n) is 8.09. The average Bonchev–Trinajstić information content (AvgIpc) is 2.60. The zero-order chi connectivity index (χ0) is 18.2. The fourth-order valence-corrected chi connectivity index (χ4v) is 2.43. The van der Waals surface area contributed by atoms with Crippen molar-refractivity contribution in [2.24, 2.45) is 0 Å². The first-order valence-corrected chi connectivity index (χ1v) is 8.09. The summed E-state index contributed by atoms with van der Waals surface area (Å²) in [4.78, 5) is 25.6. The van der Waals surface area contributed by atoms with Crippen LogP contribution in [0.25, 0.3) is 0 Å². The first-order chi connectivity index (χ1) is 12.0. The van der Waals surface area contributed by atoms with Crippen molar-refractivity contribution in [1.82, 2.24) is 4.90 Å². The highest BCUT2D eigenvalue weighted by Crippen LogP contribution is 2.12. The summed E-state index contributed by atoms with van der Waals surface area (Å²) in [5, 5.41) is 11.5. The minimum absolute atomic E-state index is 0.0607. The highest BCUT2D eigenvalue weighted by atomic mass is 16.2. The van der Waals surface area contributed by atoms with Crippen molar-refractivity contribution in [3.63, 3.8) is 0 Å². The Balaban J connectivity index is 1.91. The van der Waals surface area contributed by atoms with Gasteiger partial charge in [-0.1, -0.05) is 24.3 Å². The topological polar surface area (TPSA) is 73.2 Å². The van der Waals surface area contributed by atoms with Gasteiger partial charge in [0.05, 0.1) is 11.6 Å². The van der Waals surface area contributed by atoms with Crippen LogP contribution >= 0.6 is 0 Å². The Labute approximate surface area is 147 Å². The van der Waals surface area contributed by atoms with Gasteiger partial charge in [0.25, 0.3) is 0 Å². The fourth-order valence-electron chi connectivity index (χ4n) is 2.43. The molecule has 0 saturated heterocycles. The smallest absolute Gasteiger partial charge is 0.226 e. The van der Waals surface area contributed by atoms with Crippen LogP contribution in [0.5, 0.6) is 0 Å². The van der Waals surface area contributed by atoms with Gasteiger partial charge in [0, 0.05) is 32.1 Å². The van der Waals surface area contributed by atoms with Gasteiger partial charge in [-0.15, -0.1) is 0 Å². The van der Waals surface area contributed by atoms with Gasteiger partial charge in [-0.2, -0.15) is 5.26 Å². The van der Waals surface area contributed by atoms with E-state index < -0.39 is 0 Å². The first kappa shape index (κ1) is 18.2. The SMILES string of the molecule is CC(=O)N(CCC(=O)Nc1ccc(C#N)cc1)Cc1ccccc1C. The molecule has 0 fully saturated rings. The normalized spacial score (nSPS) is 9.96. The van der Waals surface area contributed by atoms with Crippen molar-refractivity contribution in [2.75, 3.05) is 11.9 Å². The lowest BCUT2D eigenvalue weighted by molar-refractivity contribution is -0.129. The lowest BCUT2D eigenvalue weighted by Gasteiger charge is -2.22. The monoisotopic (exact) mass is 335 g/mol. The number of rotatable bonds is 6. The highest BCUT2D eigenvalue weighted by molar-refractivity contribution is 5.91. The Morgan fingerprint density at radius 2 is 1.80 bits per heavy atom. The van der Waals surface area contributed by atoms with E-state index in [0.29, 0.717) is 24.3 Å². The number of nitrogens with zero attached hydrogens (tertiary/aromatic N) is 2. The summed E-state index contributed by atoms with van der Waals surface area (Å²) in [5.74, 6) is -0.227. The molecule has 1 N–H and O–H groups in total. The molecule has 0 aliphatic heterocycles. The van der Waals surface area contributed by atoms with Crippen molar-refractivity contribution >= 4 is 17.5 Å². The summed E-state index contributed by atoms with van der Waals surface area (Å²) in [5.41, 5.74) is 3.37. The summed E-state index contributed by atoms with van der Waals surface area (Å²) < 4.78 is 0. The predicted octanol–water partition coefficient (Wildman–Crippen LogP) is 3.24. The second kappa shape index (κ2) is 8.65. The van der Waals surface area contributed by atoms with Crippen LogP contribution in [0.2, 0.25) is 0 Å². The molecule has 0 bridgehead atoms. The molecule has 0 saturated carbocycles. The molecule has 5 heteroatoms. The molecule has 0 aromatic heterocycles. The van der Waals surface area contributed by atoms with Crippen molar-refractivity contribution in [2.45, 2.75) is 26.8 Å². The van der Waals surface area contributed by atoms with Gasteiger partial charge in [-0.05, 0) is 42.3 Å². The van der Waals surface area contributed by atoms with Gasteiger partial charge < -0.3 is 10.2 Å². The molecule has 2 aromatic carbocycles. The molecule has 5 nitrogen and oxygen atoms in total. The number of benzene rings is 2. The summed E-state index contributed by atoms with van der Waals surface area (Å²) in [6, 6.07) is 16.6. The van der Waals surface area contributed by atoms with Crippen molar-refractivity contribution < 1.29 is 9.59 Å². The molecule has 2 aromatic rings. The molecular formula is C20H21N3O2. The van der Waals surface area contributed by atoms with Crippen LogP contribution < -0.4 is 5.32 Å². The highest BCUT2D eigenvalue weighted by Gasteiger charge is 2.13. The summed E-state index contributed by atoms with van der Waals surface area (Å²) >= 11 is 0. The zero-order valence-corrected chi connectivity index (χ0v) is 14.5. The third-order valence-corrected chi connectivity index (χ3v) is 3.97. The summed E-state index contributed by atoms with van der Waals surface area (Å²) in [6.07, 6.45) is 0.214. The van der Waals surface area contributed by atoms with E-state index in [1.165, 1.54) is 6.92 Å². The van der Waals surface area contributed by atoms with Crippen LogP contribution in [0.1, 0.15) is 30.0 Å². The standard InChI is InChI=1S/C20H21N3O2/c1-15-5-3-4-6-18(15)14-23(16(2)24)12-11-20(25)22-19-9-7-17(13-21)8-10-19/h3-10H,11-12,14H2,1-2H3,(H,22,25). The van der Waals surface area contributed by atoms with Crippen LogP contribution in [0.15, 0.2) is 48.5 Å². The lowest BCUT2D eigenvalue weighted by atomic mass is 10.1. The maximum atomic E-state index is 12.1. The number of hydrogen-bond donors (Lipinski definition) is 1. The minimum Gasteiger partial charge on any atom is -0.338 e. The Hall–Kier alpha value is -3.13. The van der Waals surface area contributed by atoms with E-state index in [1.54, 1.807) is 29.2 Å². The second-order valence-electron chi connectivity index (χ2n) is 5.85. The Bertz CT molecular complexity index is 791. The Morgan fingerprint density at radius 3 is 2.40 bits per heavy atom. The summed E-state index contributed by atoms with van der Waals surface area (Å²) in [7, 11) is 0. The Morgan fingerprint density at radius 1 is 1.12 bits per heavy atom. The van der Waals surface area contributed by atoms with Crippen molar-refractivity contribution in [3.05, 3.63) is 65.2 Å². The predicted molar refractivity (Wildman–Crippen MR) is 96.7 cm³/mol. The van der Waals surface area contributed by atoms with Gasteiger partial charge >= 0.3 is 0 Å². The third-order valence-electron chi connectivity index (χ3n) is 3.97. The Kier molecular flexibility index (Phi) is 6.30. The molecule has 0 spiro atoms. The van der Waals surface area contributed by atoms with E-state index in [1.807, 2.05) is 37.3 Å². The molecule has 2 rings (SSSR count). The van der Waals surface area contributed by atoms with E-state index in [-0.39, 0.29) is 18.2 Å². The van der Waals surface area contributed by atoms with Crippen LogP contribution in [-0.4, -0.2) is 23.3 Å². The van der Waals surface area contributed by atoms with E-state index in [0.717, 1.165) is 11.1 Å². The van der Waals surface area contributed by atoms with E-state index in [2.05, 4.69) is 5.32 Å². The van der Waals surface area contributed by atoms with Gasteiger partial charge in [0.15, 0.2) is 0 Å². The van der Waals surface area contributed by atoms with Crippen molar-refractivity contribution in [1.29, 1.82) is 5.26 Å². The number of carbonyl (C=O) groups excluding carboxylic acids is 2. The number of aryl methyl sites for hydroxylation is 1. The number of hydrogen-bond acceptors (Lipinski definition) is 3. The molecule has 0 unspecified atom stereocenters. The number of amides is 2. The molecule has 0 radical (unpaired) electrons. The fraction of sp³-hybridized carbons (Fsp3) is 0.250. The summed E-state index contributed by atoms with van der Waals surface area (Å²) in [6.45, 7) is 4.36. The molecule has 128 valence electrons. The number of nitriles is 1. The van der Waals surface area contributed by atoms with Crippen LogP contribution in [0, 0.1) is 18.3 Å². The molecule has 25 heavy (non-hydrogen) atoms. The maximum absolute atomic E-state index is 12.1. The molecular weight excluding hydrogens is 314 g/mol. The van der Waals surface area contributed by atoms with Gasteiger partial charge in [0.1, 0.15) is 0 Å². The largest absolute Gasteiger partial charge is 0.338 e. The van der Waals surface area contributed by atoms with Gasteiger partial charge in [-0.3, -0.25) is 9.59 Å². The van der Waals surface area contributed by atoms with Crippen LogP contribution in [0.3, 0.4) is 0 Å². The van der Waals surface area contributed by atoms with E-state index >= 15 is 0 Å². The quantitative estimate of drug-likeness (QED) is 0.881. The van der Waals surface area contributed by atoms with E-state index in [9.17, 15) is 9.59 Å². The maximum Gasteiger partial charge on any atom is 0.226 e. The number of nitrogens with one attached hydrogen (secondary N) is 1. The van der Waals surface area contributed by atoms with Gasteiger partial charge in [-0.25, -0.2) is 0 Å². The van der Waals surface area contributed by atoms with E-state index in [4.69, 9.17) is 5.26 Å². The molecule has 2 amide bonds. The minimum atomic E-state index is -0.166. The zero-order valence-electron chi connectivity index (χ0n) is 14.5. The molecule has 0 aliphatic rings. The molecule has 0 atom stereocenters. The lowest BCUT2D eigenvalue weighted by Crippen LogP contribution is -2.31. The number of anilines is 1.